The van der Waals surface area contributed by atoms with Gasteiger partial charge in [-0.15, -0.1) is 0 Å². The van der Waals surface area contributed by atoms with Crippen LogP contribution >= 0.6 is 11.6 Å². The number of benzene rings is 2. The molecule has 3 rings (SSSR count). The third kappa shape index (κ3) is 3.94. The molecule has 0 N–H and O–H groups in total. The van der Waals surface area contributed by atoms with Crippen molar-refractivity contribution >= 4 is 17.6 Å². The van der Waals surface area contributed by atoms with E-state index in [1.54, 1.807) is 19.2 Å². The second-order valence-electron chi connectivity index (χ2n) is 6.04. The largest absolute Gasteiger partial charge is 0.462 e. The summed E-state index contributed by atoms with van der Waals surface area (Å²) in [6, 6.07) is 17.8. The summed E-state index contributed by atoms with van der Waals surface area (Å²) in [6.45, 7) is 4.12. The molecule has 3 aromatic rings. The minimum absolute atomic E-state index is 0.343. The lowest BCUT2D eigenvalue weighted by Gasteiger charge is -2.14. The molecule has 0 radical (unpaired) electrons. The molecule has 132 valence electrons. The van der Waals surface area contributed by atoms with Crippen LogP contribution in [0.25, 0.3) is 11.3 Å². The molecule has 0 unspecified atom stereocenters. The van der Waals surface area contributed by atoms with Crippen LogP contribution in [0.2, 0.25) is 5.02 Å². The maximum Gasteiger partial charge on any atom is 0.339 e. The fraction of sp³-hybridized carbons (Fsp3) is 0.182. The molecule has 0 spiro atoms. The lowest BCUT2D eigenvalue weighted by molar-refractivity contribution is 0.0526. The van der Waals surface area contributed by atoms with Gasteiger partial charge in [-0.2, -0.15) is 0 Å². The van der Waals surface area contributed by atoms with E-state index in [2.05, 4.69) is 17.1 Å². The molecule has 0 amide bonds. The third-order valence-corrected chi connectivity index (χ3v) is 4.74. The number of esters is 1. The Morgan fingerprint density at radius 3 is 2.50 bits per heavy atom. The highest BCUT2D eigenvalue weighted by Crippen LogP contribution is 2.32. The summed E-state index contributed by atoms with van der Waals surface area (Å²) in [5.74, 6) is -0.363. The zero-order valence-electron chi connectivity index (χ0n) is 14.8. The van der Waals surface area contributed by atoms with Crippen LogP contribution in [0.5, 0.6) is 0 Å². The summed E-state index contributed by atoms with van der Waals surface area (Å²) in [4.78, 5) is 16.3. The number of carbonyl (C=O) groups is 1. The molecule has 4 heteroatoms. The van der Waals surface area contributed by atoms with E-state index >= 15 is 0 Å². The van der Waals surface area contributed by atoms with Gasteiger partial charge in [-0.1, -0.05) is 54.1 Å². The Bertz CT molecular complexity index is 905. The second-order valence-corrected chi connectivity index (χ2v) is 6.42. The molecule has 3 nitrogen and oxygen atoms in total. The first-order chi connectivity index (χ1) is 12.6. The number of aromatic nitrogens is 1. The van der Waals surface area contributed by atoms with Gasteiger partial charge in [-0.05, 0) is 49.1 Å². The first-order valence-electron chi connectivity index (χ1n) is 8.55. The molecule has 0 aliphatic carbocycles. The molecule has 0 atom stereocenters. The Hall–Kier alpha value is -2.65. The molecule has 0 bridgehead atoms. The predicted molar refractivity (Wildman–Crippen MR) is 105 cm³/mol. The number of nitrogens with zero attached hydrogens (tertiary/aromatic N) is 1. The molecule has 0 saturated carbocycles. The van der Waals surface area contributed by atoms with E-state index in [1.165, 1.54) is 5.56 Å². The summed E-state index contributed by atoms with van der Waals surface area (Å²) < 4.78 is 5.01. The molecule has 26 heavy (non-hydrogen) atoms. The van der Waals surface area contributed by atoms with Gasteiger partial charge in [-0.3, -0.25) is 4.98 Å². The van der Waals surface area contributed by atoms with Crippen LogP contribution < -0.4 is 0 Å². The van der Waals surface area contributed by atoms with Crippen LogP contribution in [0, 0.1) is 6.92 Å². The van der Waals surface area contributed by atoms with E-state index in [4.69, 9.17) is 16.3 Å². The number of hydrogen-bond acceptors (Lipinski definition) is 3. The van der Waals surface area contributed by atoms with Crippen molar-refractivity contribution in [2.24, 2.45) is 0 Å². The van der Waals surface area contributed by atoms with E-state index in [1.807, 2.05) is 43.3 Å². The second kappa shape index (κ2) is 8.15. The van der Waals surface area contributed by atoms with Crippen molar-refractivity contribution in [1.29, 1.82) is 0 Å². The van der Waals surface area contributed by atoms with Gasteiger partial charge in [0.25, 0.3) is 0 Å². The minimum Gasteiger partial charge on any atom is -0.462 e. The van der Waals surface area contributed by atoms with Crippen molar-refractivity contribution in [3.63, 3.8) is 0 Å². The molecular weight excluding hydrogens is 346 g/mol. The standard InChI is InChI=1S/C22H20ClNO2/c1-3-26-22(25)17-10-12-20(24-14-17)18-11-9-15(2)21(23)19(18)13-16-7-5-4-6-8-16/h4-12,14H,3,13H2,1-2H3. The lowest BCUT2D eigenvalue weighted by Crippen LogP contribution is -2.05. The monoisotopic (exact) mass is 365 g/mol. The highest BCUT2D eigenvalue weighted by Gasteiger charge is 2.14. The molecule has 1 heterocycles. The van der Waals surface area contributed by atoms with Crippen LogP contribution in [0.1, 0.15) is 34.0 Å². The van der Waals surface area contributed by atoms with Crippen molar-refractivity contribution in [3.05, 3.63) is 88.1 Å². The Balaban J connectivity index is 1.99. The Kier molecular flexibility index (Phi) is 5.69. The molecule has 0 saturated heterocycles. The zero-order valence-corrected chi connectivity index (χ0v) is 15.6. The molecule has 2 aromatic carbocycles. The number of rotatable bonds is 5. The van der Waals surface area contributed by atoms with E-state index in [0.29, 0.717) is 12.2 Å². The summed E-state index contributed by atoms with van der Waals surface area (Å²) in [5, 5.41) is 0.752. The van der Waals surface area contributed by atoms with E-state index in [9.17, 15) is 4.79 Å². The Labute approximate surface area is 158 Å². The van der Waals surface area contributed by atoms with Gasteiger partial charge in [0.1, 0.15) is 0 Å². The zero-order chi connectivity index (χ0) is 18.5. The van der Waals surface area contributed by atoms with Gasteiger partial charge in [0.2, 0.25) is 0 Å². The number of carbonyl (C=O) groups excluding carboxylic acids is 1. The molecule has 0 aliphatic heterocycles. The normalized spacial score (nSPS) is 10.6. The fourth-order valence-corrected chi connectivity index (χ4v) is 3.07. The summed E-state index contributed by atoms with van der Waals surface area (Å²) >= 11 is 6.62. The third-order valence-electron chi connectivity index (χ3n) is 4.21. The number of pyridine rings is 1. The summed E-state index contributed by atoms with van der Waals surface area (Å²) in [7, 11) is 0. The topological polar surface area (TPSA) is 39.2 Å². The molecule has 1 aromatic heterocycles. The predicted octanol–water partition coefficient (Wildman–Crippen LogP) is 5.48. The van der Waals surface area contributed by atoms with Gasteiger partial charge >= 0.3 is 5.97 Å². The van der Waals surface area contributed by atoms with Crippen molar-refractivity contribution < 1.29 is 9.53 Å². The van der Waals surface area contributed by atoms with Crippen LogP contribution in [0.15, 0.2) is 60.8 Å². The maximum atomic E-state index is 11.8. The van der Waals surface area contributed by atoms with Gasteiger partial charge in [0.05, 0.1) is 17.9 Å². The Morgan fingerprint density at radius 1 is 1.08 bits per heavy atom. The lowest BCUT2D eigenvalue weighted by atomic mass is 9.95. The number of halogens is 1. The van der Waals surface area contributed by atoms with Crippen LogP contribution in [0.4, 0.5) is 0 Å². The highest BCUT2D eigenvalue weighted by atomic mass is 35.5. The smallest absolute Gasteiger partial charge is 0.339 e. The van der Waals surface area contributed by atoms with Gasteiger partial charge in [0.15, 0.2) is 0 Å². The van der Waals surface area contributed by atoms with Crippen molar-refractivity contribution in [2.75, 3.05) is 6.61 Å². The van der Waals surface area contributed by atoms with E-state index < -0.39 is 0 Å². The fourth-order valence-electron chi connectivity index (χ4n) is 2.84. The summed E-state index contributed by atoms with van der Waals surface area (Å²) in [6.07, 6.45) is 2.27. The van der Waals surface area contributed by atoms with Crippen molar-refractivity contribution in [3.8, 4) is 11.3 Å². The van der Waals surface area contributed by atoms with Crippen molar-refractivity contribution in [2.45, 2.75) is 20.3 Å². The first kappa shape index (κ1) is 18.2. The van der Waals surface area contributed by atoms with Crippen LogP contribution in [0.3, 0.4) is 0 Å². The van der Waals surface area contributed by atoms with E-state index in [-0.39, 0.29) is 5.97 Å². The average molecular weight is 366 g/mol. The number of aryl methyl sites for hydroxylation is 1. The maximum absolute atomic E-state index is 11.8. The molecular formula is C22H20ClNO2. The summed E-state index contributed by atoms with van der Waals surface area (Å²) in [5.41, 5.74) is 5.45. The Morgan fingerprint density at radius 2 is 1.85 bits per heavy atom. The number of ether oxygens (including phenoxy) is 1. The quantitative estimate of drug-likeness (QED) is 0.562. The molecule has 0 aliphatic rings. The van der Waals surface area contributed by atoms with Gasteiger partial charge < -0.3 is 4.74 Å². The van der Waals surface area contributed by atoms with Crippen molar-refractivity contribution in [1.82, 2.24) is 4.98 Å². The van der Waals surface area contributed by atoms with E-state index in [0.717, 1.165) is 33.8 Å². The minimum atomic E-state index is -0.363. The average Bonchev–Trinajstić information content (AvgIpc) is 2.67. The van der Waals surface area contributed by atoms with Crippen LogP contribution in [-0.4, -0.2) is 17.6 Å². The van der Waals surface area contributed by atoms with Gasteiger partial charge in [-0.25, -0.2) is 4.79 Å². The number of hydrogen-bond donors (Lipinski definition) is 0. The molecule has 0 fully saturated rings. The van der Waals surface area contributed by atoms with Gasteiger partial charge in [0, 0.05) is 16.8 Å². The SMILES string of the molecule is CCOC(=O)c1ccc(-c2ccc(C)c(Cl)c2Cc2ccccc2)nc1. The first-order valence-corrected chi connectivity index (χ1v) is 8.93. The van der Waals surface area contributed by atoms with Crippen LogP contribution in [-0.2, 0) is 11.2 Å². The highest BCUT2D eigenvalue weighted by molar-refractivity contribution is 6.32.